The summed E-state index contributed by atoms with van der Waals surface area (Å²) in [5, 5.41) is 9.08. The second-order valence-corrected chi connectivity index (χ2v) is 4.26. The smallest absolute Gasteiger partial charge is 0.186 e. The highest BCUT2D eigenvalue weighted by Crippen LogP contribution is 2.22. The van der Waals surface area contributed by atoms with Gasteiger partial charge in [0.15, 0.2) is 12.5 Å². The van der Waals surface area contributed by atoms with E-state index < -0.39 is 12.5 Å². The molecular weight excluding hydrogens is 239 g/mol. The van der Waals surface area contributed by atoms with Crippen LogP contribution in [0.2, 0.25) is 0 Å². The van der Waals surface area contributed by atoms with Crippen LogP contribution in [-0.4, -0.2) is 37.4 Å². The molecule has 1 saturated heterocycles. The van der Waals surface area contributed by atoms with Gasteiger partial charge in [0.2, 0.25) is 0 Å². The molecule has 1 aromatic rings. The van der Waals surface area contributed by atoms with Crippen molar-refractivity contribution in [2.45, 2.75) is 31.6 Å². The Bertz CT molecular complexity index is 358. The number of hydrogen-bond acceptors (Lipinski definition) is 4. The standard InChI is InChI=1S/C13H17FO4/c1-16-10-4-2-9(3-5-10)7-17-8-11-6-12(14)13(15)18-11/h2-5,11-13,15H,6-8H2,1H3/t11-,12?,13?/m0/s1. The Morgan fingerprint density at radius 2 is 2.11 bits per heavy atom. The zero-order valence-electron chi connectivity index (χ0n) is 10.2. The van der Waals surface area contributed by atoms with Crippen molar-refractivity contribution in [2.75, 3.05) is 13.7 Å². The van der Waals surface area contributed by atoms with Gasteiger partial charge in [0.05, 0.1) is 26.4 Å². The molecule has 0 radical (unpaired) electrons. The molecule has 2 rings (SSSR count). The molecule has 0 aromatic heterocycles. The van der Waals surface area contributed by atoms with Crippen LogP contribution >= 0.6 is 0 Å². The van der Waals surface area contributed by atoms with E-state index in [1.807, 2.05) is 24.3 Å². The van der Waals surface area contributed by atoms with Crippen LogP contribution in [-0.2, 0) is 16.1 Å². The number of halogens is 1. The molecule has 100 valence electrons. The molecule has 18 heavy (non-hydrogen) atoms. The minimum Gasteiger partial charge on any atom is -0.497 e. The maximum atomic E-state index is 13.0. The quantitative estimate of drug-likeness (QED) is 0.870. The highest BCUT2D eigenvalue weighted by molar-refractivity contribution is 5.26. The molecule has 1 aliphatic heterocycles. The topological polar surface area (TPSA) is 47.9 Å². The Morgan fingerprint density at radius 3 is 2.67 bits per heavy atom. The molecule has 1 N–H and O–H groups in total. The number of alkyl halides is 1. The van der Waals surface area contributed by atoms with Crippen molar-refractivity contribution in [2.24, 2.45) is 0 Å². The van der Waals surface area contributed by atoms with E-state index in [9.17, 15) is 4.39 Å². The summed E-state index contributed by atoms with van der Waals surface area (Å²) in [5.41, 5.74) is 1.01. The summed E-state index contributed by atoms with van der Waals surface area (Å²) in [5.74, 6) is 0.793. The third-order valence-corrected chi connectivity index (χ3v) is 2.86. The average Bonchev–Trinajstić information content (AvgIpc) is 2.69. The van der Waals surface area contributed by atoms with Gasteiger partial charge in [-0.2, -0.15) is 0 Å². The summed E-state index contributed by atoms with van der Waals surface area (Å²) in [6.07, 6.45) is -2.79. The third-order valence-electron chi connectivity index (χ3n) is 2.86. The molecule has 2 unspecified atom stereocenters. The summed E-state index contributed by atoms with van der Waals surface area (Å²) < 4.78 is 28.4. The van der Waals surface area contributed by atoms with E-state index in [-0.39, 0.29) is 19.1 Å². The van der Waals surface area contributed by atoms with Crippen LogP contribution in [0.3, 0.4) is 0 Å². The van der Waals surface area contributed by atoms with Gasteiger partial charge in [0.1, 0.15) is 5.75 Å². The number of aliphatic hydroxyl groups is 1. The molecule has 0 amide bonds. The van der Waals surface area contributed by atoms with Crippen LogP contribution in [0.4, 0.5) is 4.39 Å². The zero-order chi connectivity index (χ0) is 13.0. The summed E-state index contributed by atoms with van der Waals surface area (Å²) >= 11 is 0. The number of benzene rings is 1. The normalized spacial score (nSPS) is 27.4. The van der Waals surface area contributed by atoms with Crippen LogP contribution in [0.15, 0.2) is 24.3 Å². The fourth-order valence-electron chi connectivity index (χ4n) is 1.84. The molecule has 3 atom stereocenters. The molecule has 0 saturated carbocycles. The van der Waals surface area contributed by atoms with E-state index in [4.69, 9.17) is 19.3 Å². The Hall–Kier alpha value is -1.17. The van der Waals surface area contributed by atoms with Crippen molar-refractivity contribution in [3.63, 3.8) is 0 Å². The molecule has 0 aliphatic carbocycles. The van der Waals surface area contributed by atoms with Gasteiger partial charge in [0.25, 0.3) is 0 Å². The van der Waals surface area contributed by atoms with Gasteiger partial charge in [-0.25, -0.2) is 4.39 Å². The Kier molecular flexibility index (Phi) is 4.52. The highest BCUT2D eigenvalue weighted by Gasteiger charge is 2.33. The lowest BCUT2D eigenvalue weighted by Gasteiger charge is -2.10. The van der Waals surface area contributed by atoms with Gasteiger partial charge in [0, 0.05) is 6.42 Å². The molecule has 1 aromatic carbocycles. The SMILES string of the molecule is COc1ccc(COC[C@@H]2CC(F)C(O)O2)cc1. The maximum Gasteiger partial charge on any atom is 0.186 e. The molecule has 0 spiro atoms. The lowest BCUT2D eigenvalue weighted by molar-refractivity contribution is -0.126. The van der Waals surface area contributed by atoms with Gasteiger partial charge in [-0.05, 0) is 17.7 Å². The van der Waals surface area contributed by atoms with Crippen LogP contribution < -0.4 is 4.74 Å². The second-order valence-electron chi connectivity index (χ2n) is 4.26. The predicted octanol–water partition coefficient (Wildman–Crippen LogP) is 1.66. The van der Waals surface area contributed by atoms with Crippen molar-refractivity contribution in [3.05, 3.63) is 29.8 Å². The van der Waals surface area contributed by atoms with Gasteiger partial charge >= 0.3 is 0 Å². The van der Waals surface area contributed by atoms with Crippen molar-refractivity contribution in [1.29, 1.82) is 0 Å². The van der Waals surface area contributed by atoms with Gasteiger partial charge in [-0.1, -0.05) is 12.1 Å². The van der Waals surface area contributed by atoms with Gasteiger partial charge in [-0.15, -0.1) is 0 Å². The Morgan fingerprint density at radius 1 is 1.39 bits per heavy atom. The molecule has 1 aliphatic rings. The van der Waals surface area contributed by atoms with Gasteiger partial charge < -0.3 is 19.3 Å². The first kappa shape index (κ1) is 13.3. The largest absolute Gasteiger partial charge is 0.497 e. The van der Waals surface area contributed by atoms with Crippen molar-refractivity contribution >= 4 is 0 Å². The summed E-state index contributed by atoms with van der Waals surface area (Å²) in [6.45, 7) is 0.709. The first-order valence-corrected chi connectivity index (χ1v) is 5.87. The summed E-state index contributed by atoms with van der Waals surface area (Å²) in [6, 6.07) is 7.51. The van der Waals surface area contributed by atoms with Crippen LogP contribution in [0.5, 0.6) is 5.75 Å². The third kappa shape index (κ3) is 3.41. The maximum absolute atomic E-state index is 13.0. The van der Waals surface area contributed by atoms with E-state index in [0.29, 0.717) is 6.61 Å². The first-order valence-electron chi connectivity index (χ1n) is 5.87. The minimum atomic E-state index is -1.31. The minimum absolute atomic E-state index is 0.184. The Balaban J connectivity index is 1.72. The molecule has 0 bridgehead atoms. The van der Waals surface area contributed by atoms with Crippen molar-refractivity contribution in [1.82, 2.24) is 0 Å². The van der Waals surface area contributed by atoms with E-state index in [1.165, 1.54) is 0 Å². The van der Waals surface area contributed by atoms with E-state index in [2.05, 4.69) is 0 Å². The van der Waals surface area contributed by atoms with Crippen molar-refractivity contribution in [3.8, 4) is 5.75 Å². The number of aliphatic hydroxyl groups excluding tert-OH is 1. The fraction of sp³-hybridized carbons (Fsp3) is 0.538. The second kappa shape index (κ2) is 6.13. The van der Waals surface area contributed by atoms with Crippen LogP contribution in [0.1, 0.15) is 12.0 Å². The predicted molar refractivity (Wildman–Crippen MR) is 63.0 cm³/mol. The number of methoxy groups -OCH3 is 1. The molecule has 4 nitrogen and oxygen atoms in total. The van der Waals surface area contributed by atoms with E-state index in [0.717, 1.165) is 11.3 Å². The zero-order valence-corrected chi connectivity index (χ0v) is 10.2. The number of ether oxygens (including phenoxy) is 3. The highest BCUT2D eigenvalue weighted by atomic mass is 19.1. The monoisotopic (exact) mass is 256 g/mol. The van der Waals surface area contributed by atoms with E-state index >= 15 is 0 Å². The summed E-state index contributed by atoms with van der Waals surface area (Å²) in [7, 11) is 1.61. The van der Waals surface area contributed by atoms with Crippen molar-refractivity contribution < 1.29 is 23.7 Å². The molecular formula is C13H17FO4. The lowest BCUT2D eigenvalue weighted by Crippen LogP contribution is -2.17. The molecule has 5 heteroatoms. The number of rotatable bonds is 5. The van der Waals surface area contributed by atoms with Crippen LogP contribution in [0.25, 0.3) is 0 Å². The molecule has 1 heterocycles. The first-order chi connectivity index (χ1) is 8.69. The number of hydrogen-bond donors (Lipinski definition) is 1. The molecule has 1 fully saturated rings. The Labute approximate surface area is 105 Å². The lowest BCUT2D eigenvalue weighted by atomic mass is 10.2. The van der Waals surface area contributed by atoms with Crippen LogP contribution in [0, 0.1) is 0 Å². The fourth-order valence-corrected chi connectivity index (χ4v) is 1.84. The summed E-state index contributed by atoms with van der Waals surface area (Å²) in [4.78, 5) is 0. The average molecular weight is 256 g/mol. The van der Waals surface area contributed by atoms with E-state index in [1.54, 1.807) is 7.11 Å². The van der Waals surface area contributed by atoms with Gasteiger partial charge in [-0.3, -0.25) is 0 Å².